The smallest absolute Gasteiger partial charge is 0.189 e. The summed E-state index contributed by atoms with van der Waals surface area (Å²) in [6.07, 6.45) is -13.0. The quantitative estimate of drug-likeness (QED) is 0.243. The van der Waals surface area contributed by atoms with Crippen LogP contribution in [0.3, 0.4) is 0 Å². The van der Waals surface area contributed by atoms with Gasteiger partial charge in [0.15, 0.2) is 12.6 Å². The number of nitrogens with two attached hydrogens (primary N) is 1. The van der Waals surface area contributed by atoms with Gasteiger partial charge < -0.3 is 55.7 Å². The summed E-state index contributed by atoms with van der Waals surface area (Å²) < 4.78 is 15.6. The topological polar surface area (TPSA) is 195 Å². The second-order valence-electron chi connectivity index (χ2n) is 5.62. The molecular formula is C12H23NO10. The molecule has 23 heavy (non-hydrogen) atoms. The summed E-state index contributed by atoms with van der Waals surface area (Å²) in [5.74, 6) is 0. The molecule has 0 saturated carbocycles. The summed E-state index contributed by atoms with van der Waals surface area (Å²) in [7, 11) is 0. The van der Waals surface area contributed by atoms with Gasteiger partial charge in [0.1, 0.15) is 42.7 Å². The minimum atomic E-state index is -1.67. The number of aliphatic hydroxyl groups is 7. The van der Waals surface area contributed by atoms with Crippen LogP contribution in [0.25, 0.3) is 0 Å². The summed E-state index contributed by atoms with van der Waals surface area (Å²) in [4.78, 5) is 0. The van der Waals surface area contributed by atoms with E-state index < -0.39 is 74.6 Å². The van der Waals surface area contributed by atoms with Crippen LogP contribution in [0.4, 0.5) is 0 Å². The lowest BCUT2D eigenvalue weighted by Gasteiger charge is -2.45. The van der Waals surface area contributed by atoms with Crippen molar-refractivity contribution in [2.75, 3.05) is 13.2 Å². The maximum Gasteiger partial charge on any atom is 0.189 e. The third-order valence-electron chi connectivity index (χ3n) is 4.05. The minimum Gasteiger partial charge on any atom is -0.394 e. The predicted molar refractivity (Wildman–Crippen MR) is 70.6 cm³/mol. The van der Waals surface area contributed by atoms with Gasteiger partial charge in [-0.25, -0.2) is 0 Å². The Labute approximate surface area is 131 Å². The average Bonchev–Trinajstić information content (AvgIpc) is 2.55. The van der Waals surface area contributed by atoms with Crippen LogP contribution in [-0.2, 0) is 14.2 Å². The molecule has 2 aliphatic rings. The fraction of sp³-hybridized carbons (Fsp3) is 1.00. The molecule has 11 heteroatoms. The molecule has 11 nitrogen and oxygen atoms in total. The van der Waals surface area contributed by atoms with Crippen molar-refractivity contribution in [3.05, 3.63) is 0 Å². The van der Waals surface area contributed by atoms with E-state index in [-0.39, 0.29) is 0 Å². The largest absolute Gasteiger partial charge is 0.394 e. The molecule has 0 bridgehead atoms. The van der Waals surface area contributed by atoms with Crippen LogP contribution < -0.4 is 5.73 Å². The molecule has 0 aromatic heterocycles. The molecule has 0 aromatic rings. The second kappa shape index (κ2) is 7.63. The lowest BCUT2D eigenvalue weighted by Crippen LogP contribution is -2.65. The molecule has 9 N–H and O–H groups in total. The van der Waals surface area contributed by atoms with E-state index in [0.29, 0.717) is 0 Å². The molecule has 2 rings (SSSR count). The SMILES string of the molecule is N[C@H]1[C@@H](O[C@H]2O[C@H](CO)[C@H](O)[C@H](O)[C@H]2O)O[C@H](CO)[C@@H](O)[C@@H]1O. The third kappa shape index (κ3) is 3.65. The van der Waals surface area contributed by atoms with Crippen LogP contribution in [-0.4, -0.2) is 110 Å². The van der Waals surface area contributed by atoms with E-state index >= 15 is 0 Å². The first kappa shape index (κ1) is 18.9. The van der Waals surface area contributed by atoms with E-state index in [2.05, 4.69) is 0 Å². The van der Waals surface area contributed by atoms with Crippen molar-refractivity contribution in [3.63, 3.8) is 0 Å². The van der Waals surface area contributed by atoms with Crippen molar-refractivity contribution in [3.8, 4) is 0 Å². The van der Waals surface area contributed by atoms with Gasteiger partial charge in [0.05, 0.1) is 19.3 Å². The number of ether oxygens (including phenoxy) is 3. The Morgan fingerprint density at radius 1 is 0.696 bits per heavy atom. The predicted octanol–water partition coefficient (Wildman–Crippen LogP) is -5.43. The monoisotopic (exact) mass is 341 g/mol. The zero-order chi connectivity index (χ0) is 17.3. The summed E-state index contributed by atoms with van der Waals surface area (Å²) in [6, 6.07) is -1.22. The molecule has 0 aromatic carbocycles. The Bertz CT molecular complexity index is 349. The van der Waals surface area contributed by atoms with Gasteiger partial charge in [-0.1, -0.05) is 0 Å². The molecule has 2 aliphatic heterocycles. The Morgan fingerprint density at radius 2 is 1.17 bits per heavy atom. The van der Waals surface area contributed by atoms with Gasteiger partial charge in [-0.05, 0) is 0 Å². The molecule has 0 aliphatic carbocycles. The van der Waals surface area contributed by atoms with Crippen molar-refractivity contribution in [1.82, 2.24) is 0 Å². The van der Waals surface area contributed by atoms with Gasteiger partial charge in [-0.3, -0.25) is 0 Å². The van der Waals surface area contributed by atoms with Crippen molar-refractivity contribution < 1.29 is 50.0 Å². The van der Waals surface area contributed by atoms with E-state index in [0.717, 1.165) is 0 Å². The fourth-order valence-electron chi connectivity index (χ4n) is 2.54. The minimum absolute atomic E-state index is 0.612. The Balaban J connectivity index is 2.07. The van der Waals surface area contributed by atoms with E-state index in [4.69, 9.17) is 30.2 Å². The van der Waals surface area contributed by atoms with E-state index in [1.807, 2.05) is 0 Å². The summed E-state index contributed by atoms with van der Waals surface area (Å²) in [6.45, 7) is -1.25. The molecule has 0 radical (unpaired) electrons. The number of hydrogen-bond donors (Lipinski definition) is 8. The summed E-state index contributed by atoms with van der Waals surface area (Å²) in [5.41, 5.74) is 5.68. The molecule has 0 amide bonds. The standard InChI is InChI=1S/C12H23NO10/c13-5-8(18)6(16)3(1-14)21-11(5)23-12-10(20)9(19)7(17)4(2-15)22-12/h3-12,14-20H,1-2,13H2/t3-,4-,5-,6-,7+,8-,9+,10-,11-,12-/m1/s1. The lowest BCUT2D eigenvalue weighted by atomic mass is 9.97. The summed E-state index contributed by atoms with van der Waals surface area (Å²) in [5, 5.41) is 67.0. The first-order chi connectivity index (χ1) is 10.8. The van der Waals surface area contributed by atoms with Crippen molar-refractivity contribution >= 4 is 0 Å². The molecular weight excluding hydrogens is 318 g/mol. The van der Waals surface area contributed by atoms with Crippen LogP contribution in [0.2, 0.25) is 0 Å². The molecule has 2 saturated heterocycles. The molecule has 2 heterocycles. The van der Waals surface area contributed by atoms with Gasteiger partial charge >= 0.3 is 0 Å². The Hall–Kier alpha value is -0.440. The van der Waals surface area contributed by atoms with Crippen molar-refractivity contribution in [1.29, 1.82) is 0 Å². The molecule has 2 fully saturated rings. The maximum absolute atomic E-state index is 9.88. The van der Waals surface area contributed by atoms with E-state index in [9.17, 15) is 25.5 Å². The Morgan fingerprint density at radius 3 is 1.70 bits per heavy atom. The van der Waals surface area contributed by atoms with E-state index in [1.165, 1.54) is 0 Å². The molecule has 10 atom stereocenters. The zero-order valence-corrected chi connectivity index (χ0v) is 12.1. The molecule has 136 valence electrons. The van der Waals surface area contributed by atoms with Gasteiger partial charge in [0.2, 0.25) is 0 Å². The van der Waals surface area contributed by atoms with Gasteiger partial charge in [0.25, 0.3) is 0 Å². The second-order valence-corrected chi connectivity index (χ2v) is 5.62. The Kier molecular flexibility index (Phi) is 6.27. The summed E-state index contributed by atoms with van der Waals surface area (Å²) >= 11 is 0. The van der Waals surface area contributed by atoms with Gasteiger partial charge in [-0.15, -0.1) is 0 Å². The first-order valence-electron chi connectivity index (χ1n) is 7.15. The van der Waals surface area contributed by atoms with Crippen LogP contribution >= 0.6 is 0 Å². The first-order valence-corrected chi connectivity index (χ1v) is 7.15. The van der Waals surface area contributed by atoms with Crippen LogP contribution in [0.1, 0.15) is 0 Å². The van der Waals surface area contributed by atoms with Crippen LogP contribution in [0, 0.1) is 0 Å². The van der Waals surface area contributed by atoms with E-state index in [1.54, 1.807) is 0 Å². The molecule has 0 spiro atoms. The normalized spacial score (nSPS) is 51.7. The highest BCUT2D eigenvalue weighted by Gasteiger charge is 2.48. The van der Waals surface area contributed by atoms with Crippen LogP contribution in [0.15, 0.2) is 0 Å². The van der Waals surface area contributed by atoms with Gasteiger partial charge in [-0.2, -0.15) is 0 Å². The third-order valence-corrected chi connectivity index (χ3v) is 4.05. The fourth-order valence-corrected chi connectivity index (χ4v) is 2.54. The highest BCUT2D eigenvalue weighted by atomic mass is 16.8. The van der Waals surface area contributed by atoms with Crippen molar-refractivity contribution in [2.24, 2.45) is 5.73 Å². The number of aliphatic hydroxyl groups excluding tert-OH is 7. The number of rotatable bonds is 4. The lowest BCUT2D eigenvalue weighted by molar-refractivity contribution is -0.361. The van der Waals surface area contributed by atoms with Gasteiger partial charge in [0, 0.05) is 0 Å². The maximum atomic E-state index is 9.88. The van der Waals surface area contributed by atoms with Crippen molar-refractivity contribution in [2.45, 2.75) is 61.3 Å². The average molecular weight is 341 g/mol. The van der Waals surface area contributed by atoms with Crippen LogP contribution in [0.5, 0.6) is 0 Å². The number of hydrogen-bond acceptors (Lipinski definition) is 11. The highest BCUT2D eigenvalue weighted by molar-refractivity contribution is 4.93. The zero-order valence-electron chi connectivity index (χ0n) is 12.1. The molecule has 0 unspecified atom stereocenters. The highest BCUT2D eigenvalue weighted by Crippen LogP contribution is 2.27.